The van der Waals surface area contributed by atoms with E-state index in [9.17, 15) is 0 Å². The summed E-state index contributed by atoms with van der Waals surface area (Å²) in [6.45, 7) is 5.81. The normalized spacial score (nSPS) is 12.2. The van der Waals surface area contributed by atoms with E-state index < -0.39 is 0 Å². The predicted molar refractivity (Wildman–Crippen MR) is 249 cm³/mol. The molecule has 0 saturated carbocycles. The summed E-state index contributed by atoms with van der Waals surface area (Å²) in [5.41, 5.74) is 12.0. The highest BCUT2D eigenvalue weighted by Gasteiger charge is 2.18. The van der Waals surface area contributed by atoms with Crippen molar-refractivity contribution in [1.29, 1.82) is 0 Å². The van der Waals surface area contributed by atoms with E-state index in [0.29, 0.717) is 17.5 Å². The van der Waals surface area contributed by atoms with Crippen LogP contribution >= 0.6 is 11.3 Å². The third kappa shape index (κ3) is 6.03. The summed E-state index contributed by atoms with van der Waals surface area (Å²) in [5.74, 6) is 1.80. The summed E-state index contributed by atoms with van der Waals surface area (Å²) in [6.07, 6.45) is 7.60. The van der Waals surface area contributed by atoms with Gasteiger partial charge in [0, 0.05) is 55.1 Å². The molecule has 7 aromatic carbocycles. The van der Waals surface area contributed by atoms with Crippen molar-refractivity contribution in [2.24, 2.45) is 0 Å². The van der Waals surface area contributed by atoms with Crippen molar-refractivity contribution < 1.29 is 4.42 Å². The average molecular weight is 790 g/mol. The lowest BCUT2D eigenvalue weighted by molar-refractivity contribution is 0.670. The fourth-order valence-electron chi connectivity index (χ4n) is 8.18. The number of rotatable bonds is 8. The summed E-state index contributed by atoms with van der Waals surface area (Å²) in [6, 6.07) is 55.0. The van der Waals surface area contributed by atoms with Gasteiger partial charge >= 0.3 is 0 Å². The molecule has 6 nitrogen and oxygen atoms in total. The first-order valence-corrected chi connectivity index (χ1v) is 20.7. The highest BCUT2D eigenvalue weighted by atomic mass is 32.1. The molecule has 7 heteroatoms. The molecule has 11 rings (SSSR count). The zero-order chi connectivity index (χ0) is 40.2. The number of benzene rings is 7. The maximum Gasteiger partial charge on any atom is 0.164 e. The average Bonchev–Trinajstić information content (AvgIpc) is 4.01. The Morgan fingerprint density at radius 2 is 1.33 bits per heavy atom. The second-order valence-corrected chi connectivity index (χ2v) is 15.7. The molecule has 0 atom stereocenters. The summed E-state index contributed by atoms with van der Waals surface area (Å²) in [4.78, 5) is 20.0. The van der Waals surface area contributed by atoms with Gasteiger partial charge in [-0.3, -0.25) is 0 Å². The first-order chi connectivity index (χ1) is 29.6. The van der Waals surface area contributed by atoms with Gasteiger partial charge in [-0.05, 0) is 67.1 Å². The molecule has 0 fully saturated rings. The Labute approximate surface area is 349 Å². The minimum absolute atomic E-state index is 0.590. The second-order valence-electron chi connectivity index (χ2n) is 14.6. The molecule has 0 bridgehead atoms. The second kappa shape index (κ2) is 14.6. The standard InChI is InChI=1S/C53H35N5OS/c1-3-5-15-33(4-2)50-55-51(34-16-7-6-8-17-34)57-52(56-50)36-27-29-48-44(32-36)54-53(60-48)37-18-13-19-38(30-37)58-45-24-11-9-20-40(45)43-31-35(26-28-46(43)58)39-22-14-23-42-41-21-10-12-25-47(41)59-49(39)42/h3-32H,1H2,2H3/b15-5-,33-4+. The number of allylic oxidation sites excluding steroid dienone is 5. The number of para-hydroxylation sites is 3. The highest BCUT2D eigenvalue weighted by Crippen LogP contribution is 2.40. The van der Waals surface area contributed by atoms with Gasteiger partial charge in [-0.2, -0.15) is 0 Å². The van der Waals surface area contributed by atoms with Gasteiger partial charge in [0.25, 0.3) is 0 Å². The van der Waals surface area contributed by atoms with Gasteiger partial charge in [-0.25, -0.2) is 19.9 Å². The molecule has 4 aromatic heterocycles. The molecular weight excluding hydrogens is 755 g/mol. The molecule has 0 N–H and O–H groups in total. The molecule has 284 valence electrons. The van der Waals surface area contributed by atoms with Crippen LogP contribution in [0.15, 0.2) is 193 Å². The van der Waals surface area contributed by atoms with Crippen molar-refractivity contribution in [1.82, 2.24) is 24.5 Å². The third-order valence-corrected chi connectivity index (χ3v) is 12.1. The molecule has 0 unspecified atom stereocenters. The van der Waals surface area contributed by atoms with Crippen molar-refractivity contribution in [3.63, 3.8) is 0 Å². The summed E-state index contributed by atoms with van der Waals surface area (Å²) in [7, 11) is 0. The SMILES string of the molecule is C=C/C=C\C(=C/C)c1nc(-c2ccccc2)nc(-c2ccc3sc(-c4cccc(-n5c6ccccc6c6cc(-c7cccc8c7oc7ccccc78)ccc65)c4)nc3c2)n1. The van der Waals surface area contributed by atoms with Gasteiger partial charge in [-0.1, -0.05) is 134 Å². The van der Waals surface area contributed by atoms with E-state index in [1.165, 1.54) is 10.8 Å². The Bertz CT molecular complexity index is 3530. The van der Waals surface area contributed by atoms with Crippen molar-refractivity contribution >= 4 is 70.9 Å². The van der Waals surface area contributed by atoms with Crippen LogP contribution in [0.25, 0.3) is 110 Å². The van der Waals surface area contributed by atoms with E-state index in [2.05, 4.69) is 126 Å². The van der Waals surface area contributed by atoms with E-state index in [1.54, 1.807) is 17.4 Å². The van der Waals surface area contributed by atoms with Crippen LogP contribution in [-0.2, 0) is 0 Å². The number of nitrogens with zero attached hydrogens (tertiary/aromatic N) is 5. The first kappa shape index (κ1) is 35.4. The molecule has 0 aliphatic heterocycles. The van der Waals surface area contributed by atoms with Crippen molar-refractivity contribution in [3.05, 3.63) is 194 Å². The minimum atomic E-state index is 0.590. The number of fused-ring (bicyclic) bond motifs is 7. The van der Waals surface area contributed by atoms with Gasteiger partial charge in [0.2, 0.25) is 0 Å². The van der Waals surface area contributed by atoms with Gasteiger partial charge in [-0.15, -0.1) is 11.3 Å². The molecule has 0 aliphatic rings. The van der Waals surface area contributed by atoms with Crippen LogP contribution < -0.4 is 0 Å². The Kier molecular flexibility index (Phi) is 8.60. The van der Waals surface area contributed by atoms with Crippen LogP contribution in [0.5, 0.6) is 0 Å². The smallest absolute Gasteiger partial charge is 0.164 e. The number of thiazole rings is 1. The molecule has 0 spiro atoms. The number of furan rings is 1. The lowest BCUT2D eigenvalue weighted by Gasteiger charge is -2.10. The fraction of sp³-hybridized carbons (Fsp3) is 0.0189. The highest BCUT2D eigenvalue weighted by molar-refractivity contribution is 7.21. The fourth-order valence-corrected chi connectivity index (χ4v) is 9.13. The van der Waals surface area contributed by atoms with Crippen LogP contribution in [0, 0.1) is 0 Å². The van der Waals surface area contributed by atoms with Crippen LogP contribution in [0.2, 0.25) is 0 Å². The first-order valence-electron chi connectivity index (χ1n) is 19.9. The van der Waals surface area contributed by atoms with Gasteiger partial charge < -0.3 is 8.98 Å². The summed E-state index contributed by atoms with van der Waals surface area (Å²) in [5, 5.41) is 5.58. The lowest BCUT2D eigenvalue weighted by atomic mass is 10.0. The van der Waals surface area contributed by atoms with Crippen molar-refractivity contribution in [2.75, 3.05) is 0 Å². The van der Waals surface area contributed by atoms with E-state index in [-0.39, 0.29) is 0 Å². The summed E-state index contributed by atoms with van der Waals surface area (Å²) < 4.78 is 9.89. The molecule has 0 amide bonds. The number of hydrogen-bond acceptors (Lipinski definition) is 6. The minimum Gasteiger partial charge on any atom is -0.455 e. The van der Waals surface area contributed by atoms with E-state index in [1.807, 2.05) is 67.6 Å². The third-order valence-electron chi connectivity index (χ3n) is 11.0. The van der Waals surface area contributed by atoms with Crippen molar-refractivity contribution in [3.8, 4) is 50.2 Å². The summed E-state index contributed by atoms with van der Waals surface area (Å²) >= 11 is 1.68. The lowest BCUT2D eigenvalue weighted by Crippen LogP contribution is -2.02. The Morgan fingerprint density at radius 3 is 2.20 bits per heavy atom. The van der Waals surface area contributed by atoms with Gasteiger partial charge in [0.05, 0.1) is 21.3 Å². The maximum atomic E-state index is 6.44. The molecule has 60 heavy (non-hydrogen) atoms. The molecule has 0 saturated heterocycles. The van der Waals surface area contributed by atoms with E-state index >= 15 is 0 Å². The molecule has 4 heterocycles. The van der Waals surface area contributed by atoms with Crippen molar-refractivity contribution in [2.45, 2.75) is 6.92 Å². The van der Waals surface area contributed by atoms with Crippen LogP contribution in [0.4, 0.5) is 0 Å². The zero-order valence-electron chi connectivity index (χ0n) is 32.6. The monoisotopic (exact) mass is 789 g/mol. The predicted octanol–water partition coefficient (Wildman–Crippen LogP) is 14.3. The molecule has 0 radical (unpaired) electrons. The van der Waals surface area contributed by atoms with Gasteiger partial charge in [0.15, 0.2) is 17.5 Å². The van der Waals surface area contributed by atoms with Crippen LogP contribution in [-0.4, -0.2) is 24.5 Å². The molecule has 11 aromatic rings. The Hall–Kier alpha value is -7.74. The zero-order valence-corrected chi connectivity index (χ0v) is 33.4. The van der Waals surface area contributed by atoms with Crippen LogP contribution in [0.1, 0.15) is 12.7 Å². The van der Waals surface area contributed by atoms with E-state index in [4.69, 9.17) is 24.4 Å². The quantitative estimate of drug-likeness (QED) is 0.143. The Morgan fingerprint density at radius 1 is 0.600 bits per heavy atom. The largest absolute Gasteiger partial charge is 0.455 e. The topological polar surface area (TPSA) is 69.6 Å². The maximum absolute atomic E-state index is 6.44. The molecule has 0 aliphatic carbocycles. The van der Waals surface area contributed by atoms with E-state index in [0.717, 1.165) is 87.3 Å². The number of hydrogen-bond donors (Lipinski definition) is 0. The Balaban J connectivity index is 0.985. The van der Waals surface area contributed by atoms with Crippen LogP contribution in [0.3, 0.4) is 0 Å². The number of aromatic nitrogens is 5. The van der Waals surface area contributed by atoms with Gasteiger partial charge in [0.1, 0.15) is 16.2 Å². The molecular formula is C53H35N5OS.